The molecule has 0 unspecified atom stereocenters. The minimum Gasteiger partial charge on any atom is -0.488 e. The van der Waals surface area contributed by atoms with Crippen molar-refractivity contribution >= 4 is 23.1 Å². The Morgan fingerprint density at radius 3 is 2.68 bits per heavy atom. The SMILES string of the molecule is COC(=S)[C@@]1(O)[C@@H](C)C[C@H]2[C@@H]3CCC4=CC(=O)C=C[C@]4(C)[C@@]3(F)[C@@H](O)C[C@@]21C. The number of rotatable bonds is 1. The average molecular weight is 409 g/mol. The van der Waals surface area contributed by atoms with Crippen LogP contribution in [-0.4, -0.2) is 45.5 Å². The number of aliphatic hydroxyl groups excluding tert-OH is 1. The molecule has 0 saturated heterocycles. The van der Waals surface area contributed by atoms with E-state index in [1.165, 1.54) is 19.3 Å². The van der Waals surface area contributed by atoms with E-state index in [1.54, 1.807) is 13.0 Å². The lowest BCUT2D eigenvalue weighted by atomic mass is 9.45. The second kappa shape index (κ2) is 5.96. The van der Waals surface area contributed by atoms with E-state index in [9.17, 15) is 15.0 Å². The lowest BCUT2D eigenvalue weighted by Gasteiger charge is -2.62. The van der Waals surface area contributed by atoms with E-state index in [0.717, 1.165) is 5.57 Å². The summed E-state index contributed by atoms with van der Waals surface area (Å²) in [4.78, 5) is 11.9. The second-order valence-electron chi connectivity index (χ2n) is 9.66. The molecule has 0 radical (unpaired) electrons. The number of hydrogen-bond acceptors (Lipinski definition) is 5. The molecule has 8 atom stereocenters. The van der Waals surface area contributed by atoms with Gasteiger partial charge in [0.05, 0.1) is 13.2 Å². The summed E-state index contributed by atoms with van der Waals surface area (Å²) in [5.41, 5.74) is -4.31. The van der Waals surface area contributed by atoms with Crippen LogP contribution in [0.3, 0.4) is 0 Å². The average Bonchev–Trinajstić information content (AvgIpc) is 2.84. The summed E-state index contributed by atoms with van der Waals surface area (Å²) in [7, 11) is 1.45. The number of aliphatic hydroxyl groups is 2. The lowest BCUT2D eigenvalue weighted by Crippen LogP contribution is -2.69. The van der Waals surface area contributed by atoms with Gasteiger partial charge in [0.1, 0.15) is 5.60 Å². The lowest BCUT2D eigenvalue weighted by molar-refractivity contribution is -0.209. The Kier molecular flexibility index (Phi) is 4.29. The van der Waals surface area contributed by atoms with Crippen molar-refractivity contribution in [1.29, 1.82) is 0 Å². The first-order valence-electron chi connectivity index (χ1n) is 10.1. The molecule has 0 bridgehead atoms. The molecular formula is C22H29FO4S. The van der Waals surface area contributed by atoms with E-state index in [0.29, 0.717) is 19.3 Å². The van der Waals surface area contributed by atoms with Crippen LogP contribution in [0.1, 0.15) is 46.5 Å². The van der Waals surface area contributed by atoms with Crippen LogP contribution < -0.4 is 0 Å². The molecule has 2 N–H and O–H groups in total. The number of hydrogen-bond donors (Lipinski definition) is 2. The number of ether oxygens (including phenoxy) is 1. The first kappa shape index (κ1) is 20.2. The zero-order valence-corrected chi connectivity index (χ0v) is 17.7. The van der Waals surface area contributed by atoms with Crippen molar-refractivity contribution in [3.8, 4) is 0 Å². The van der Waals surface area contributed by atoms with Gasteiger partial charge in [0, 0.05) is 16.7 Å². The maximum Gasteiger partial charge on any atom is 0.192 e. The first-order valence-corrected chi connectivity index (χ1v) is 10.5. The van der Waals surface area contributed by atoms with E-state index in [2.05, 4.69) is 0 Å². The predicted molar refractivity (Wildman–Crippen MR) is 107 cm³/mol. The highest BCUT2D eigenvalue weighted by Crippen LogP contribution is 2.70. The molecular weight excluding hydrogens is 379 g/mol. The molecule has 3 fully saturated rings. The third kappa shape index (κ3) is 2.07. The van der Waals surface area contributed by atoms with E-state index in [4.69, 9.17) is 17.0 Å². The van der Waals surface area contributed by atoms with E-state index < -0.39 is 34.1 Å². The standard InChI is InChI=1S/C22H29FO4S/c1-12-9-16-15-6-5-13-10-14(24)7-8-19(13,2)21(15,23)17(25)11-20(16,3)22(12,26)18(28)27-4/h7-8,10,12,15-17,25-26H,5-6,9,11H2,1-4H3/t12-,15-,16-,17-,19-,20-,21-,22-/m0/s1. The Bertz CT molecular complexity index is 808. The molecule has 3 saturated carbocycles. The Balaban J connectivity index is 1.84. The maximum atomic E-state index is 16.9. The molecule has 4 aliphatic carbocycles. The third-order valence-corrected chi connectivity index (χ3v) is 9.20. The van der Waals surface area contributed by atoms with Gasteiger partial charge in [0.15, 0.2) is 16.5 Å². The summed E-state index contributed by atoms with van der Waals surface area (Å²) >= 11 is 5.38. The molecule has 0 aromatic heterocycles. The number of allylic oxidation sites excluding steroid dienone is 4. The highest BCUT2D eigenvalue weighted by atomic mass is 32.1. The van der Waals surface area contributed by atoms with Gasteiger partial charge in [-0.15, -0.1) is 0 Å². The zero-order valence-electron chi connectivity index (χ0n) is 16.9. The van der Waals surface area contributed by atoms with Crippen LogP contribution in [0.2, 0.25) is 0 Å². The molecule has 0 aromatic carbocycles. The number of ketones is 1. The van der Waals surface area contributed by atoms with Gasteiger partial charge < -0.3 is 14.9 Å². The number of thiocarbonyl (C=S) groups is 1. The van der Waals surface area contributed by atoms with Crippen molar-refractivity contribution in [2.24, 2.45) is 28.6 Å². The number of halogens is 1. The number of methoxy groups -OCH3 is 1. The Hall–Kier alpha value is -1.11. The van der Waals surface area contributed by atoms with Crippen molar-refractivity contribution in [1.82, 2.24) is 0 Å². The summed E-state index contributed by atoms with van der Waals surface area (Å²) < 4.78 is 22.2. The Labute approximate surface area is 170 Å². The van der Waals surface area contributed by atoms with Crippen molar-refractivity contribution in [3.05, 3.63) is 23.8 Å². The van der Waals surface area contributed by atoms with Crippen molar-refractivity contribution < 1.29 is 24.1 Å². The minimum atomic E-state index is -1.89. The van der Waals surface area contributed by atoms with Crippen molar-refractivity contribution in [3.63, 3.8) is 0 Å². The van der Waals surface area contributed by atoms with Crippen LogP contribution in [0.5, 0.6) is 0 Å². The fraction of sp³-hybridized carbons (Fsp3) is 0.727. The molecule has 6 heteroatoms. The van der Waals surface area contributed by atoms with Crippen molar-refractivity contribution in [2.45, 2.75) is 63.8 Å². The summed E-state index contributed by atoms with van der Waals surface area (Å²) in [5.74, 6) is -0.896. The number of carbonyl (C=O) groups is 1. The molecule has 0 amide bonds. The second-order valence-corrected chi connectivity index (χ2v) is 10.0. The molecule has 0 heterocycles. The molecule has 4 aliphatic rings. The molecule has 0 aliphatic heterocycles. The first-order chi connectivity index (χ1) is 13.0. The smallest absolute Gasteiger partial charge is 0.192 e. The van der Waals surface area contributed by atoms with Gasteiger partial charge in [0.25, 0.3) is 0 Å². The highest BCUT2D eigenvalue weighted by molar-refractivity contribution is 7.80. The quantitative estimate of drug-likeness (QED) is 0.652. The van der Waals surface area contributed by atoms with Crippen LogP contribution in [0.15, 0.2) is 23.8 Å². The van der Waals surface area contributed by atoms with Gasteiger partial charge in [-0.1, -0.05) is 25.5 Å². The molecule has 154 valence electrons. The third-order valence-electron chi connectivity index (χ3n) is 8.72. The molecule has 28 heavy (non-hydrogen) atoms. The molecule has 4 rings (SSSR count). The number of alkyl halides is 1. The summed E-state index contributed by atoms with van der Waals surface area (Å²) in [6.07, 6.45) is 5.20. The van der Waals surface area contributed by atoms with Gasteiger partial charge in [-0.3, -0.25) is 4.79 Å². The normalized spacial score (nSPS) is 52.4. The minimum absolute atomic E-state index is 0.0969. The van der Waals surface area contributed by atoms with Gasteiger partial charge in [0.2, 0.25) is 0 Å². The summed E-state index contributed by atoms with van der Waals surface area (Å²) in [6, 6.07) is 0. The molecule has 0 aromatic rings. The van der Waals surface area contributed by atoms with Crippen LogP contribution in [-0.2, 0) is 9.53 Å². The largest absolute Gasteiger partial charge is 0.488 e. The van der Waals surface area contributed by atoms with E-state index >= 15 is 4.39 Å². The maximum absolute atomic E-state index is 16.9. The molecule has 4 nitrogen and oxygen atoms in total. The monoisotopic (exact) mass is 408 g/mol. The fourth-order valence-corrected chi connectivity index (χ4v) is 7.57. The van der Waals surface area contributed by atoms with Gasteiger partial charge >= 0.3 is 0 Å². The van der Waals surface area contributed by atoms with Crippen LogP contribution >= 0.6 is 12.2 Å². The predicted octanol–water partition coefficient (Wildman–Crippen LogP) is 3.31. The van der Waals surface area contributed by atoms with Gasteiger partial charge in [-0.2, -0.15) is 0 Å². The van der Waals surface area contributed by atoms with Crippen molar-refractivity contribution in [2.75, 3.05) is 7.11 Å². The fourth-order valence-electron chi connectivity index (χ4n) is 7.14. The number of fused-ring (bicyclic) bond motifs is 5. The highest BCUT2D eigenvalue weighted by Gasteiger charge is 2.75. The van der Waals surface area contributed by atoms with Gasteiger partial charge in [-0.25, -0.2) is 4.39 Å². The summed E-state index contributed by atoms with van der Waals surface area (Å²) in [6.45, 7) is 5.64. The zero-order chi connectivity index (χ0) is 20.7. The van der Waals surface area contributed by atoms with Crippen LogP contribution in [0, 0.1) is 28.6 Å². The molecule has 0 spiro atoms. The Morgan fingerprint density at radius 1 is 1.36 bits per heavy atom. The van der Waals surface area contributed by atoms with E-state index in [1.807, 2.05) is 13.8 Å². The number of carbonyl (C=O) groups excluding carboxylic acids is 1. The van der Waals surface area contributed by atoms with Crippen LogP contribution in [0.25, 0.3) is 0 Å². The Morgan fingerprint density at radius 2 is 2.04 bits per heavy atom. The summed E-state index contributed by atoms with van der Waals surface area (Å²) in [5, 5.41) is 23.0. The van der Waals surface area contributed by atoms with Crippen LogP contribution in [0.4, 0.5) is 4.39 Å². The van der Waals surface area contributed by atoms with E-state index in [-0.39, 0.29) is 29.1 Å². The van der Waals surface area contributed by atoms with Gasteiger partial charge in [-0.05, 0) is 68.8 Å². The topological polar surface area (TPSA) is 66.8 Å².